The number of hydrogen-bond acceptors (Lipinski definition) is 5. The summed E-state index contributed by atoms with van der Waals surface area (Å²) in [5.41, 5.74) is 1.44. The molecule has 6 nitrogen and oxygen atoms in total. The minimum atomic E-state index is 0. The molecule has 1 aromatic heterocycles. The molecule has 2 saturated heterocycles. The van der Waals surface area contributed by atoms with Gasteiger partial charge >= 0.3 is 0 Å². The molecular weight excluding hydrogens is 485 g/mol. The van der Waals surface area contributed by atoms with E-state index in [-0.39, 0.29) is 24.0 Å². The molecule has 2 atom stereocenters. The van der Waals surface area contributed by atoms with E-state index in [1.807, 2.05) is 7.05 Å². The van der Waals surface area contributed by atoms with Gasteiger partial charge in [-0.15, -0.1) is 24.0 Å². The van der Waals surface area contributed by atoms with Gasteiger partial charge in [0.25, 0.3) is 0 Å². The zero-order valence-electron chi connectivity index (χ0n) is 17.4. The molecule has 0 aliphatic carbocycles. The average Bonchev–Trinajstić information content (AvgIpc) is 3.19. The topological polar surface area (TPSA) is 52.1 Å². The van der Waals surface area contributed by atoms with Gasteiger partial charge in [0, 0.05) is 57.9 Å². The first-order valence-electron chi connectivity index (χ1n) is 10.2. The first-order valence-corrected chi connectivity index (χ1v) is 11.1. The summed E-state index contributed by atoms with van der Waals surface area (Å²) >= 11 is 1.78. The Kier molecular flexibility index (Phi) is 10.5. The number of nitrogens with zero attached hydrogens (tertiary/aromatic N) is 3. The van der Waals surface area contributed by atoms with Crippen molar-refractivity contribution in [2.24, 2.45) is 4.99 Å². The van der Waals surface area contributed by atoms with Crippen LogP contribution in [0.3, 0.4) is 0 Å². The van der Waals surface area contributed by atoms with Crippen LogP contribution >= 0.6 is 35.3 Å². The highest BCUT2D eigenvalue weighted by Crippen LogP contribution is 2.15. The van der Waals surface area contributed by atoms with Crippen molar-refractivity contribution in [1.29, 1.82) is 0 Å². The molecular formula is C20H36IN5OS. The van der Waals surface area contributed by atoms with Crippen LogP contribution in [0.2, 0.25) is 0 Å². The fraction of sp³-hybridized carbons (Fsp3) is 0.750. The lowest BCUT2D eigenvalue weighted by atomic mass is 10.0. The lowest BCUT2D eigenvalue weighted by molar-refractivity contribution is -0.0174. The average molecular weight is 522 g/mol. The number of hydrogen-bond donors (Lipinski definition) is 2. The number of ether oxygens (including phenoxy) is 1. The zero-order valence-corrected chi connectivity index (χ0v) is 20.5. The van der Waals surface area contributed by atoms with Crippen molar-refractivity contribution >= 4 is 41.3 Å². The number of likely N-dealkylation sites (tertiary alicyclic amines) is 1. The van der Waals surface area contributed by atoms with E-state index in [2.05, 4.69) is 56.1 Å². The highest BCUT2D eigenvalue weighted by Gasteiger charge is 2.24. The maximum atomic E-state index is 5.55. The molecule has 2 fully saturated rings. The molecule has 0 saturated carbocycles. The zero-order chi connectivity index (χ0) is 19.1. The molecule has 0 amide bonds. The number of guanidine groups is 1. The highest BCUT2D eigenvalue weighted by atomic mass is 127. The van der Waals surface area contributed by atoms with Crippen LogP contribution in [0.4, 0.5) is 0 Å². The standard InChI is InChI=1S/C20H35N5OS.HI/c1-16(25-9-10-26-14-17(25)2)12-22-20(21-3)23-19-4-7-24(8-5-19)13-18-6-11-27-15-18;/h6,11,15-17,19H,4-5,7-10,12-14H2,1-3H3,(H2,21,22,23);1H. The number of morpholine rings is 1. The van der Waals surface area contributed by atoms with Gasteiger partial charge in [-0.1, -0.05) is 0 Å². The number of rotatable bonds is 6. The summed E-state index contributed by atoms with van der Waals surface area (Å²) in [6.45, 7) is 11.5. The van der Waals surface area contributed by atoms with Crippen LogP contribution in [0.25, 0.3) is 0 Å². The summed E-state index contributed by atoms with van der Waals surface area (Å²) in [4.78, 5) is 9.51. The molecule has 8 heteroatoms. The first kappa shape index (κ1) is 23.9. The summed E-state index contributed by atoms with van der Waals surface area (Å²) in [5, 5.41) is 11.6. The van der Waals surface area contributed by atoms with Crippen molar-refractivity contribution in [2.45, 2.75) is 51.4 Å². The fourth-order valence-electron chi connectivity index (χ4n) is 4.02. The van der Waals surface area contributed by atoms with Crippen molar-refractivity contribution in [3.05, 3.63) is 22.4 Å². The van der Waals surface area contributed by atoms with Gasteiger partial charge in [-0.25, -0.2) is 0 Å². The predicted octanol–water partition coefficient (Wildman–Crippen LogP) is 2.60. The van der Waals surface area contributed by atoms with Crippen LogP contribution in [0.5, 0.6) is 0 Å². The summed E-state index contributed by atoms with van der Waals surface area (Å²) in [6, 6.07) is 3.69. The summed E-state index contributed by atoms with van der Waals surface area (Å²) < 4.78 is 5.55. The summed E-state index contributed by atoms with van der Waals surface area (Å²) in [7, 11) is 1.86. The molecule has 0 bridgehead atoms. The molecule has 2 aliphatic rings. The van der Waals surface area contributed by atoms with Gasteiger partial charge in [0.15, 0.2) is 5.96 Å². The first-order chi connectivity index (χ1) is 13.2. The summed E-state index contributed by atoms with van der Waals surface area (Å²) in [6.07, 6.45) is 2.34. The molecule has 28 heavy (non-hydrogen) atoms. The molecule has 160 valence electrons. The van der Waals surface area contributed by atoms with E-state index in [9.17, 15) is 0 Å². The Hall–Kier alpha value is -0.420. The minimum Gasteiger partial charge on any atom is -0.379 e. The van der Waals surface area contributed by atoms with Crippen molar-refractivity contribution < 1.29 is 4.74 Å². The van der Waals surface area contributed by atoms with Crippen molar-refractivity contribution in [3.8, 4) is 0 Å². The van der Waals surface area contributed by atoms with Crippen LogP contribution in [0, 0.1) is 0 Å². The fourth-order valence-corrected chi connectivity index (χ4v) is 4.68. The molecule has 0 aromatic carbocycles. The summed E-state index contributed by atoms with van der Waals surface area (Å²) in [5.74, 6) is 0.930. The van der Waals surface area contributed by atoms with Crippen molar-refractivity contribution in [3.63, 3.8) is 0 Å². The third kappa shape index (κ3) is 7.12. The van der Waals surface area contributed by atoms with Crippen LogP contribution in [0.1, 0.15) is 32.3 Å². The van der Waals surface area contributed by atoms with Crippen LogP contribution in [-0.2, 0) is 11.3 Å². The van der Waals surface area contributed by atoms with Crippen LogP contribution in [0.15, 0.2) is 21.8 Å². The Morgan fingerprint density at radius 1 is 1.36 bits per heavy atom. The molecule has 2 aliphatic heterocycles. The van der Waals surface area contributed by atoms with E-state index in [0.717, 1.165) is 51.9 Å². The van der Waals surface area contributed by atoms with E-state index in [1.54, 1.807) is 11.3 Å². The maximum Gasteiger partial charge on any atom is 0.191 e. The Morgan fingerprint density at radius 3 is 2.79 bits per heavy atom. The Bertz CT molecular complexity index is 577. The van der Waals surface area contributed by atoms with Gasteiger partial charge in [0.2, 0.25) is 0 Å². The van der Waals surface area contributed by atoms with Gasteiger partial charge < -0.3 is 15.4 Å². The third-order valence-electron chi connectivity index (χ3n) is 5.69. The Balaban J connectivity index is 0.00000280. The highest BCUT2D eigenvalue weighted by molar-refractivity contribution is 14.0. The van der Waals surface area contributed by atoms with Gasteiger partial charge in [-0.3, -0.25) is 14.8 Å². The van der Waals surface area contributed by atoms with Gasteiger partial charge in [0.1, 0.15) is 0 Å². The number of piperidine rings is 1. The van der Waals surface area contributed by atoms with Crippen LogP contribution < -0.4 is 10.6 Å². The van der Waals surface area contributed by atoms with Gasteiger partial charge in [0.05, 0.1) is 13.2 Å². The number of aliphatic imine (C=N–C) groups is 1. The quantitative estimate of drug-likeness (QED) is 0.343. The number of halogens is 1. The predicted molar refractivity (Wildman–Crippen MR) is 129 cm³/mol. The maximum absolute atomic E-state index is 5.55. The molecule has 0 radical (unpaired) electrons. The molecule has 2 N–H and O–H groups in total. The van der Waals surface area contributed by atoms with E-state index >= 15 is 0 Å². The van der Waals surface area contributed by atoms with E-state index in [1.165, 1.54) is 18.4 Å². The SMILES string of the molecule is CN=C(NCC(C)N1CCOCC1C)NC1CCN(Cc2ccsc2)CC1.I. The van der Waals surface area contributed by atoms with Crippen molar-refractivity contribution in [1.82, 2.24) is 20.4 Å². The second-order valence-electron chi connectivity index (χ2n) is 7.79. The van der Waals surface area contributed by atoms with Crippen molar-refractivity contribution in [2.75, 3.05) is 46.4 Å². The molecule has 3 rings (SSSR count). The normalized spacial score (nSPS) is 23.8. The monoisotopic (exact) mass is 521 g/mol. The Morgan fingerprint density at radius 2 is 2.14 bits per heavy atom. The lowest BCUT2D eigenvalue weighted by Gasteiger charge is -2.38. The molecule has 2 unspecified atom stereocenters. The lowest BCUT2D eigenvalue weighted by Crippen LogP contribution is -2.54. The largest absolute Gasteiger partial charge is 0.379 e. The van der Waals surface area contributed by atoms with Gasteiger partial charge in [-0.2, -0.15) is 11.3 Å². The second kappa shape index (κ2) is 12.3. The third-order valence-corrected chi connectivity index (χ3v) is 6.42. The molecule has 1 aromatic rings. The Labute approximate surface area is 191 Å². The molecule has 3 heterocycles. The molecule has 0 spiro atoms. The van der Waals surface area contributed by atoms with Crippen LogP contribution in [-0.4, -0.2) is 80.3 Å². The number of thiophene rings is 1. The van der Waals surface area contributed by atoms with E-state index in [0.29, 0.717) is 18.1 Å². The smallest absolute Gasteiger partial charge is 0.191 e. The second-order valence-corrected chi connectivity index (χ2v) is 8.57. The van der Waals surface area contributed by atoms with E-state index in [4.69, 9.17) is 4.74 Å². The van der Waals surface area contributed by atoms with Gasteiger partial charge in [-0.05, 0) is 49.1 Å². The number of nitrogens with one attached hydrogen (secondary N) is 2. The minimum absolute atomic E-state index is 0. The van der Waals surface area contributed by atoms with E-state index < -0.39 is 0 Å².